The summed E-state index contributed by atoms with van der Waals surface area (Å²) in [5.74, 6) is 2.30. The van der Waals surface area contributed by atoms with Crippen LogP contribution in [0.2, 0.25) is 0 Å². The number of hydrogen-bond donors (Lipinski definition) is 2. The molecule has 0 aromatic carbocycles. The average molecular weight is 189 g/mol. The fraction of sp³-hybridized carbons (Fsp3) is 0.364. The third kappa shape index (κ3) is 1.45. The van der Waals surface area contributed by atoms with Crippen LogP contribution in [0.3, 0.4) is 0 Å². The van der Waals surface area contributed by atoms with Crippen molar-refractivity contribution in [3.8, 4) is 0 Å². The molecule has 0 radical (unpaired) electrons. The van der Waals surface area contributed by atoms with E-state index in [1.807, 2.05) is 6.20 Å². The van der Waals surface area contributed by atoms with Gasteiger partial charge in [-0.2, -0.15) is 0 Å². The lowest BCUT2D eigenvalue weighted by atomic mass is 9.97. The fourth-order valence-electron chi connectivity index (χ4n) is 1.72. The van der Waals surface area contributed by atoms with Crippen LogP contribution in [0.25, 0.3) is 0 Å². The minimum absolute atomic E-state index is 0.529. The molecule has 0 saturated carbocycles. The Kier molecular flexibility index (Phi) is 2.15. The van der Waals surface area contributed by atoms with Gasteiger partial charge < -0.3 is 10.6 Å². The SMILES string of the molecule is C=C1NCc2c(C(C)C)ccnc2N1. The molecular weight excluding hydrogens is 174 g/mol. The molecule has 2 heterocycles. The molecule has 2 rings (SSSR count). The van der Waals surface area contributed by atoms with E-state index in [1.54, 1.807) is 0 Å². The number of anilines is 1. The first-order valence-corrected chi connectivity index (χ1v) is 4.86. The van der Waals surface area contributed by atoms with Crippen LogP contribution >= 0.6 is 0 Å². The molecule has 1 aromatic rings. The number of nitrogens with zero attached hydrogens (tertiary/aromatic N) is 1. The zero-order chi connectivity index (χ0) is 10.1. The summed E-state index contributed by atoms with van der Waals surface area (Å²) < 4.78 is 0. The van der Waals surface area contributed by atoms with Gasteiger partial charge in [0.25, 0.3) is 0 Å². The molecule has 14 heavy (non-hydrogen) atoms. The summed E-state index contributed by atoms with van der Waals surface area (Å²) in [5, 5.41) is 6.33. The Hall–Kier alpha value is -1.51. The largest absolute Gasteiger partial charge is 0.368 e. The van der Waals surface area contributed by atoms with Gasteiger partial charge in [-0.3, -0.25) is 0 Å². The van der Waals surface area contributed by atoms with Gasteiger partial charge in [0.2, 0.25) is 0 Å². The van der Waals surface area contributed by atoms with Crippen molar-refractivity contribution in [1.82, 2.24) is 10.3 Å². The number of nitrogens with one attached hydrogen (secondary N) is 2. The lowest BCUT2D eigenvalue weighted by molar-refractivity contribution is 0.750. The van der Waals surface area contributed by atoms with Crippen LogP contribution in [0, 0.1) is 0 Å². The molecule has 0 amide bonds. The summed E-state index contributed by atoms with van der Waals surface area (Å²) in [6.07, 6.45) is 1.85. The van der Waals surface area contributed by atoms with Crippen LogP contribution < -0.4 is 10.6 Å². The van der Waals surface area contributed by atoms with Gasteiger partial charge in [-0.1, -0.05) is 20.4 Å². The molecule has 1 aromatic heterocycles. The molecular formula is C11H15N3. The molecule has 74 valence electrons. The monoisotopic (exact) mass is 189 g/mol. The summed E-state index contributed by atoms with van der Waals surface area (Å²) in [6, 6.07) is 2.08. The molecule has 3 heteroatoms. The number of pyridine rings is 1. The maximum atomic E-state index is 4.30. The molecule has 0 saturated heterocycles. The predicted molar refractivity (Wildman–Crippen MR) is 57.9 cm³/mol. The zero-order valence-electron chi connectivity index (χ0n) is 8.59. The van der Waals surface area contributed by atoms with Crippen molar-refractivity contribution < 1.29 is 0 Å². The molecule has 1 aliphatic heterocycles. The van der Waals surface area contributed by atoms with Crippen molar-refractivity contribution in [1.29, 1.82) is 0 Å². The topological polar surface area (TPSA) is 37.0 Å². The van der Waals surface area contributed by atoms with E-state index in [4.69, 9.17) is 0 Å². The van der Waals surface area contributed by atoms with Gasteiger partial charge in [0.1, 0.15) is 5.82 Å². The van der Waals surface area contributed by atoms with Crippen LogP contribution in [0.5, 0.6) is 0 Å². The smallest absolute Gasteiger partial charge is 0.136 e. The van der Waals surface area contributed by atoms with E-state index in [0.717, 1.165) is 18.2 Å². The standard InChI is InChI=1S/C11H15N3/c1-7(2)9-4-5-12-11-10(9)6-13-8(3)14-11/h4-5,7,13H,3,6H2,1-2H3,(H,12,14). The first-order chi connectivity index (χ1) is 6.68. The highest BCUT2D eigenvalue weighted by atomic mass is 15.2. The Morgan fingerprint density at radius 2 is 2.29 bits per heavy atom. The van der Waals surface area contributed by atoms with Gasteiger partial charge in [-0.25, -0.2) is 4.98 Å². The predicted octanol–water partition coefficient (Wildman–Crippen LogP) is 2.19. The van der Waals surface area contributed by atoms with Crippen LogP contribution in [-0.2, 0) is 6.54 Å². The number of fused-ring (bicyclic) bond motifs is 1. The van der Waals surface area contributed by atoms with Crippen molar-refractivity contribution >= 4 is 5.82 Å². The van der Waals surface area contributed by atoms with E-state index >= 15 is 0 Å². The van der Waals surface area contributed by atoms with Crippen molar-refractivity contribution in [2.75, 3.05) is 5.32 Å². The normalized spacial score (nSPS) is 14.6. The molecule has 1 aliphatic rings. The number of rotatable bonds is 1. The second-order valence-corrected chi connectivity index (χ2v) is 3.84. The van der Waals surface area contributed by atoms with Crippen LogP contribution in [0.1, 0.15) is 30.9 Å². The minimum Gasteiger partial charge on any atom is -0.368 e. The zero-order valence-corrected chi connectivity index (χ0v) is 8.59. The summed E-state index contributed by atoms with van der Waals surface area (Å²) in [7, 11) is 0. The number of aromatic nitrogens is 1. The quantitative estimate of drug-likeness (QED) is 0.711. The Morgan fingerprint density at radius 3 is 3.00 bits per heavy atom. The maximum Gasteiger partial charge on any atom is 0.136 e. The van der Waals surface area contributed by atoms with Gasteiger partial charge in [-0.05, 0) is 17.5 Å². The minimum atomic E-state index is 0.529. The average Bonchev–Trinajstić information content (AvgIpc) is 2.16. The van der Waals surface area contributed by atoms with Crippen LogP contribution in [-0.4, -0.2) is 4.98 Å². The van der Waals surface area contributed by atoms with E-state index in [-0.39, 0.29) is 0 Å². The van der Waals surface area contributed by atoms with Gasteiger partial charge in [0, 0.05) is 18.3 Å². The highest BCUT2D eigenvalue weighted by Gasteiger charge is 2.16. The van der Waals surface area contributed by atoms with E-state index < -0.39 is 0 Å². The van der Waals surface area contributed by atoms with Gasteiger partial charge >= 0.3 is 0 Å². The number of hydrogen-bond acceptors (Lipinski definition) is 3. The van der Waals surface area contributed by atoms with Gasteiger partial charge in [-0.15, -0.1) is 0 Å². The van der Waals surface area contributed by atoms with Crippen molar-refractivity contribution in [3.05, 3.63) is 35.8 Å². The third-order valence-electron chi connectivity index (χ3n) is 2.46. The molecule has 0 spiro atoms. The first kappa shape index (κ1) is 9.06. The Labute approximate surface area is 84.2 Å². The van der Waals surface area contributed by atoms with Crippen molar-refractivity contribution in [2.24, 2.45) is 0 Å². The third-order valence-corrected chi connectivity index (χ3v) is 2.46. The lowest BCUT2D eigenvalue weighted by Crippen LogP contribution is -2.26. The van der Waals surface area contributed by atoms with E-state index in [1.165, 1.54) is 11.1 Å². The molecule has 0 aliphatic carbocycles. The van der Waals surface area contributed by atoms with Gasteiger partial charge in [0.15, 0.2) is 0 Å². The lowest BCUT2D eigenvalue weighted by Gasteiger charge is -2.24. The summed E-state index contributed by atoms with van der Waals surface area (Å²) in [4.78, 5) is 4.30. The summed E-state index contributed by atoms with van der Waals surface area (Å²) in [6.45, 7) is 9.03. The summed E-state index contributed by atoms with van der Waals surface area (Å²) >= 11 is 0. The molecule has 0 bridgehead atoms. The van der Waals surface area contributed by atoms with Gasteiger partial charge in [0.05, 0.1) is 5.82 Å². The van der Waals surface area contributed by atoms with Crippen LogP contribution in [0.15, 0.2) is 24.7 Å². The van der Waals surface area contributed by atoms with Crippen molar-refractivity contribution in [2.45, 2.75) is 26.3 Å². The fourth-order valence-corrected chi connectivity index (χ4v) is 1.72. The highest BCUT2D eigenvalue weighted by molar-refractivity contribution is 5.54. The second-order valence-electron chi connectivity index (χ2n) is 3.84. The van der Waals surface area contributed by atoms with E-state index in [2.05, 4.69) is 42.1 Å². The highest BCUT2D eigenvalue weighted by Crippen LogP contribution is 2.26. The molecule has 2 N–H and O–H groups in total. The first-order valence-electron chi connectivity index (χ1n) is 4.86. The molecule has 3 nitrogen and oxygen atoms in total. The summed E-state index contributed by atoms with van der Waals surface area (Å²) in [5.41, 5.74) is 2.61. The Balaban J connectivity index is 2.46. The van der Waals surface area contributed by atoms with Crippen molar-refractivity contribution in [3.63, 3.8) is 0 Å². The Bertz CT molecular complexity index is 369. The maximum absolute atomic E-state index is 4.30. The van der Waals surface area contributed by atoms with E-state index in [0.29, 0.717) is 5.92 Å². The Morgan fingerprint density at radius 1 is 1.50 bits per heavy atom. The molecule has 0 atom stereocenters. The second kappa shape index (κ2) is 3.33. The molecule has 0 fully saturated rings. The molecule has 0 unspecified atom stereocenters. The van der Waals surface area contributed by atoms with Crippen LogP contribution in [0.4, 0.5) is 5.82 Å². The van der Waals surface area contributed by atoms with E-state index in [9.17, 15) is 0 Å².